The van der Waals surface area contributed by atoms with Gasteiger partial charge in [-0.2, -0.15) is 0 Å². The number of carbonyl (C=O) groups is 1. The van der Waals surface area contributed by atoms with Gasteiger partial charge in [-0.1, -0.05) is 30.3 Å². The molecule has 1 spiro atoms. The number of amides is 1. The monoisotopic (exact) mass is 430 g/mol. The molecule has 2 bridgehead atoms. The lowest BCUT2D eigenvalue weighted by molar-refractivity contribution is -0.134. The molecule has 2 heterocycles. The molecule has 5 nitrogen and oxygen atoms in total. The minimum absolute atomic E-state index is 0.0108. The van der Waals surface area contributed by atoms with Gasteiger partial charge in [0.2, 0.25) is 5.91 Å². The van der Waals surface area contributed by atoms with Gasteiger partial charge in [-0.15, -0.1) is 0 Å². The first kappa shape index (κ1) is 19.9. The standard InChI is InChI=1S/C27H30N2O3/c1-28-15-14-27-19-9-10-20(29(2)24(31)13-8-17-6-4-3-5-7-17)26(27)32-23-12-11-22(30)18(25(23)27)16-21(19)28/h3-8,11-13,19-21,26,30H,9-10,14-16H2,1-2H3/t19-,20-,21+,26-,27-/m0/s1. The van der Waals surface area contributed by atoms with Crippen molar-refractivity contribution in [2.75, 3.05) is 20.6 Å². The van der Waals surface area contributed by atoms with E-state index in [1.165, 1.54) is 5.56 Å². The van der Waals surface area contributed by atoms with Crippen LogP contribution in [0.4, 0.5) is 0 Å². The van der Waals surface area contributed by atoms with Crippen LogP contribution >= 0.6 is 0 Å². The number of likely N-dealkylation sites (N-methyl/N-ethyl adjacent to an activating group) is 2. The molecule has 0 radical (unpaired) electrons. The van der Waals surface area contributed by atoms with Crippen LogP contribution in [0.25, 0.3) is 6.08 Å². The summed E-state index contributed by atoms with van der Waals surface area (Å²) in [4.78, 5) is 17.5. The summed E-state index contributed by atoms with van der Waals surface area (Å²) in [7, 11) is 4.13. The van der Waals surface area contributed by atoms with Crippen LogP contribution in [-0.4, -0.2) is 59.6 Å². The number of phenols is 1. The van der Waals surface area contributed by atoms with Gasteiger partial charge in [-0.25, -0.2) is 0 Å². The van der Waals surface area contributed by atoms with Crippen molar-refractivity contribution in [3.8, 4) is 11.5 Å². The third-order valence-electron chi connectivity index (χ3n) is 8.65. The summed E-state index contributed by atoms with van der Waals surface area (Å²) in [6, 6.07) is 14.1. The average molecular weight is 431 g/mol. The third kappa shape index (κ3) is 2.64. The Morgan fingerprint density at radius 2 is 2.03 bits per heavy atom. The van der Waals surface area contributed by atoms with Gasteiger partial charge in [-0.05, 0) is 69.0 Å². The summed E-state index contributed by atoms with van der Waals surface area (Å²) in [5, 5.41) is 10.7. The number of phenolic OH excluding ortho intramolecular Hbond substituents is 1. The minimum atomic E-state index is -0.112. The van der Waals surface area contributed by atoms with E-state index in [2.05, 4.69) is 11.9 Å². The predicted molar refractivity (Wildman–Crippen MR) is 124 cm³/mol. The number of rotatable bonds is 3. The molecule has 6 rings (SSSR count). The Kier molecular flexibility index (Phi) is 4.41. The lowest BCUT2D eigenvalue weighted by atomic mass is 9.51. The number of benzene rings is 2. The maximum absolute atomic E-state index is 13.2. The number of nitrogens with zero attached hydrogens (tertiary/aromatic N) is 2. The van der Waals surface area contributed by atoms with E-state index in [9.17, 15) is 9.90 Å². The maximum atomic E-state index is 13.2. The molecule has 1 saturated heterocycles. The zero-order valence-corrected chi connectivity index (χ0v) is 18.7. The van der Waals surface area contributed by atoms with Gasteiger partial charge in [0.1, 0.15) is 17.6 Å². The molecule has 2 aliphatic heterocycles. The number of piperidine rings is 1. The fourth-order valence-corrected chi connectivity index (χ4v) is 7.13. The van der Waals surface area contributed by atoms with Gasteiger partial charge in [0.25, 0.3) is 0 Å². The third-order valence-corrected chi connectivity index (χ3v) is 8.65. The van der Waals surface area contributed by atoms with Crippen LogP contribution in [0.5, 0.6) is 11.5 Å². The van der Waals surface area contributed by atoms with E-state index in [1.807, 2.05) is 54.4 Å². The van der Waals surface area contributed by atoms with Crippen molar-refractivity contribution in [1.29, 1.82) is 0 Å². The van der Waals surface area contributed by atoms with Crippen LogP contribution in [0.2, 0.25) is 0 Å². The molecular formula is C27H30N2O3. The lowest BCUT2D eigenvalue weighted by Gasteiger charge is -2.59. The Bertz CT molecular complexity index is 1100. The first-order valence-corrected chi connectivity index (χ1v) is 11.7. The number of hydrogen-bond donors (Lipinski definition) is 1. The largest absolute Gasteiger partial charge is 0.508 e. The SMILES string of the molecule is CN1CC[C@@]23c4c5ccc(O)c4C[C@@H]1[C@@H]2CC[C@H](N(C)C(=O)C=Cc1ccccc1)[C@@H]3O5. The molecule has 166 valence electrons. The smallest absolute Gasteiger partial charge is 0.246 e. The Hall–Kier alpha value is -2.79. The second-order valence-corrected chi connectivity index (χ2v) is 9.96. The number of likely N-dealkylation sites (tertiary alicyclic amines) is 1. The second-order valence-electron chi connectivity index (χ2n) is 9.96. The number of ether oxygens (including phenoxy) is 1. The van der Waals surface area contributed by atoms with Crippen LogP contribution in [0.3, 0.4) is 0 Å². The maximum Gasteiger partial charge on any atom is 0.246 e. The van der Waals surface area contributed by atoms with E-state index in [0.29, 0.717) is 17.7 Å². The van der Waals surface area contributed by atoms with Crippen molar-refractivity contribution in [2.24, 2.45) is 5.92 Å². The van der Waals surface area contributed by atoms with Crippen LogP contribution in [0, 0.1) is 5.92 Å². The highest BCUT2D eigenvalue weighted by molar-refractivity contribution is 5.92. The highest BCUT2D eigenvalue weighted by Gasteiger charge is 2.66. The zero-order valence-electron chi connectivity index (χ0n) is 18.7. The molecule has 1 saturated carbocycles. The van der Waals surface area contributed by atoms with E-state index < -0.39 is 0 Å². The molecule has 1 N–H and O–H groups in total. The van der Waals surface area contributed by atoms with Gasteiger partial charge in [-0.3, -0.25) is 4.79 Å². The first-order valence-electron chi connectivity index (χ1n) is 11.7. The molecule has 2 fully saturated rings. The second kappa shape index (κ2) is 7.11. The molecule has 2 aliphatic carbocycles. The Morgan fingerprint density at radius 1 is 1.22 bits per heavy atom. The number of carbonyl (C=O) groups excluding carboxylic acids is 1. The van der Waals surface area contributed by atoms with Gasteiger partial charge >= 0.3 is 0 Å². The fraction of sp³-hybridized carbons (Fsp3) is 0.444. The van der Waals surface area contributed by atoms with Gasteiger partial charge < -0.3 is 19.6 Å². The summed E-state index contributed by atoms with van der Waals surface area (Å²) < 4.78 is 6.67. The normalized spacial score (nSPS) is 32.4. The van der Waals surface area contributed by atoms with Crippen molar-refractivity contribution < 1.29 is 14.6 Å². The molecule has 32 heavy (non-hydrogen) atoms. The van der Waals surface area contributed by atoms with E-state index in [4.69, 9.17) is 4.74 Å². The van der Waals surface area contributed by atoms with Crippen molar-refractivity contribution in [1.82, 2.24) is 9.80 Å². The number of aromatic hydroxyl groups is 1. The molecule has 0 unspecified atom stereocenters. The zero-order chi connectivity index (χ0) is 22.0. The molecule has 0 aromatic heterocycles. The quantitative estimate of drug-likeness (QED) is 0.756. The Labute approximate surface area is 189 Å². The van der Waals surface area contributed by atoms with Crippen LogP contribution in [-0.2, 0) is 16.6 Å². The molecule has 1 amide bonds. The van der Waals surface area contributed by atoms with Crippen molar-refractivity contribution in [2.45, 2.75) is 49.3 Å². The van der Waals surface area contributed by atoms with Crippen molar-refractivity contribution in [3.63, 3.8) is 0 Å². The first-order chi connectivity index (χ1) is 15.5. The van der Waals surface area contributed by atoms with Crippen LogP contribution in [0.1, 0.15) is 36.0 Å². The van der Waals surface area contributed by atoms with Gasteiger partial charge in [0.15, 0.2) is 0 Å². The van der Waals surface area contributed by atoms with Crippen molar-refractivity contribution in [3.05, 3.63) is 65.2 Å². The summed E-state index contributed by atoms with van der Waals surface area (Å²) in [5.74, 6) is 1.82. The molecule has 5 atom stereocenters. The van der Waals surface area contributed by atoms with Crippen molar-refractivity contribution >= 4 is 12.0 Å². The predicted octanol–water partition coefficient (Wildman–Crippen LogP) is 3.60. The minimum Gasteiger partial charge on any atom is -0.508 e. The van der Waals surface area contributed by atoms with Gasteiger partial charge in [0, 0.05) is 35.7 Å². The van der Waals surface area contributed by atoms with E-state index in [1.54, 1.807) is 12.1 Å². The van der Waals surface area contributed by atoms with E-state index in [-0.39, 0.29) is 23.5 Å². The van der Waals surface area contributed by atoms with E-state index in [0.717, 1.165) is 49.1 Å². The summed E-state index contributed by atoms with van der Waals surface area (Å²) in [6.07, 6.45) is 7.41. The molecular weight excluding hydrogens is 400 g/mol. The Balaban J connectivity index is 1.36. The summed E-state index contributed by atoms with van der Waals surface area (Å²) in [6.45, 7) is 1.02. The highest BCUT2D eigenvalue weighted by atomic mass is 16.5. The molecule has 2 aromatic rings. The lowest BCUT2D eigenvalue weighted by Crippen LogP contribution is -2.68. The summed E-state index contributed by atoms with van der Waals surface area (Å²) >= 11 is 0. The topological polar surface area (TPSA) is 53.0 Å². The summed E-state index contributed by atoms with van der Waals surface area (Å²) in [5.41, 5.74) is 3.21. The Morgan fingerprint density at radius 3 is 2.84 bits per heavy atom. The van der Waals surface area contributed by atoms with Gasteiger partial charge in [0.05, 0.1) is 6.04 Å². The van der Waals surface area contributed by atoms with Crippen LogP contribution < -0.4 is 4.74 Å². The highest BCUT2D eigenvalue weighted by Crippen LogP contribution is 2.63. The molecule has 5 heteroatoms. The molecule has 2 aromatic carbocycles. The fourth-order valence-electron chi connectivity index (χ4n) is 7.13. The molecule has 4 aliphatic rings. The average Bonchev–Trinajstić information content (AvgIpc) is 3.15. The van der Waals surface area contributed by atoms with E-state index >= 15 is 0 Å². The number of hydrogen-bond acceptors (Lipinski definition) is 4. The van der Waals surface area contributed by atoms with Crippen LogP contribution in [0.15, 0.2) is 48.5 Å².